The first-order chi connectivity index (χ1) is 16.8. The van der Waals surface area contributed by atoms with Gasteiger partial charge in [-0.3, -0.25) is 29.4 Å². The van der Waals surface area contributed by atoms with E-state index in [1.165, 1.54) is 24.3 Å². The van der Waals surface area contributed by atoms with Crippen molar-refractivity contribution in [1.29, 1.82) is 0 Å². The summed E-state index contributed by atoms with van der Waals surface area (Å²) >= 11 is 6.59. The molecule has 176 valence electrons. The topological polar surface area (TPSA) is 107 Å². The molecule has 0 aliphatic carbocycles. The molecule has 1 aliphatic heterocycles. The molecule has 35 heavy (non-hydrogen) atoms. The summed E-state index contributed by atoms with van der Waals surface area (Å²) in [4.78, 5) is 49.3. The van der Waals surface area contributed by atoms with Gasteiger partial charge in [0, 0.05) is 28.3 Å². The number of non-ortho nitro benzene ring substituents is 1. The first-order valence-electron chi connectivity index (χ1n) is 10.3. The summed E-state index contributed by atoms with van der Waals surface area (Å²) in [6.45, 7) is -0.220. The number of benzene rings is 3. The number of carbonyl (C=O) groups excluding carboxylic acids is 3. The molecule has 0 bridgehead atoms. The van der Waals surface area contributed by atoms with E-state index in [9.17, 15) is 24.5 Å². The van der Waals surface area contributed by atoms with E-state index in [0.29, 0.717) is 21.9 Å². The summed E-state index contributed by atoms with van der Waals surface area (Å²) < 4.78 is 5.86. The summed E-state index contributed by atoms with van der Waals surface area (Å²) in [7, 11) is 0. The lowest BCUT2D eigenvalue weighted by Gasteiger charge is -2.12. The van der Waals surface area contributed by atoms with Gasteiger partial charge in [-0.25, -0.2) is 0 Å². The number of nitrogens with zero attached hydrogens (tertiary/aromatic N) is 2. The highest BCUT2D eigenvalue weighted by atomic mass is 35.5. The van der Waals surface area contributed by atoms with Gasteiger partial charge in [0.15, 0.2) is 5.78 Å². The highest BCUT2D eigenvalue weighted by Crippen LogP contribution is 2.34. The van der Waals surface area contributed by atoms with Crippen LogP contribution in [0.15, 0.2) is 77.7 Å². The zero-order valence-electron chi connectivity index (χ0n) is 18.0. The maximum atomic E-state index is 12.9. The Morgan fingerprint density at radius 1 is 1.03 bits per heavy atom. The average Bonchev–Trinajstić information content (AvgIpc) is 3.11. The van der Waals surface area contributed by atoms with E-state index >= 15 is 0 Å². The molecule has 10 heteroatoms. The molecule has 4 rings (SSSR count). The maximum absolute atomic E-state index is 12.9. The summed E-state index contributed by atoms with van der Waals surface area (Å²) in [6.07, 6.45) is 1.54. The Morgan fingerprint density at radius 3 is 2.40 bits per heavy atom. The van der Waals surface area contributed by atoms with Gasteiger partial charge in [-0.1, -0.05) is 29.8 Å². The van der Waals surface area contributed by atoms with Gasteiger partial charge in [-0.05, 0) is 65.9 Å². The van der Waals surface area contributed by atoms with Crippen molar-refractivity contribution in [3.05, 3.63) is 110 Å². The van der Waals surface area contributed by atoms with Crippen LogP contribution in [0.2, 0.25) is 5.02 Å². The van der Waals surface area contributed by atoms with E-state index in [0.717, 1.165) is 22.2 Å². The molecule has 0 atom stereocenters. The number of imide groups is 1. The number of halogens is 1. The van der Waals surface area contributed by atoms with Gasteiger partial charge in [0.1, 0.15) is 12.4 Å². The predicted octanol–water partition coefficient (Wildman–Crippen LogP) is 5.75. The lowest BCUT2D eigenvalue weighted by Crippen LogP contribution is -2.33. The normalized spacial score (nSPS) is 14.4. The quantitative estimate of drug-likeness (QED) is 0.165. The third-order valence-corrected chi connectivity index (χ3v) is 6.25. The Kier molecular flexibility index (Phi) is 7.28. The molecule has 1 heterocycles. The van der Waals surface area contributed by atoms with E-state index < -0.39 is 16.1 Å². The lowest BCUT2D eigenvalue weighted by atomic mass is 10.1. The van der Waals surface area contributed by atoms with Crippen LogP contribution >= 0.6 is 23.4 Å². The molecule has 0 saturated carbocycles. The Balaban J connectivity index is 1.47. The number of ether oxygens (including phenoxy) is 1. The Morgan fingerprint density at radius 2 is 1.71 bits per heavy atom. The number of amides is 2. The standard InChI is InChI=1S/C25H17ClN2O6S/c26-19-9-7-17(8-10-19)21(29)14-27-24(30)23(35-25(27)31)13-18-3-1-2-4-22(18)34-15-16-5-11-20(12-6-16)28(32)33/h1-13H,14-15H2/b23-13-. The van der Waals surface area contributed by atoms with Crippen LogP contribution in [-0.4, -0.2) is 33.3 Å². The molecule has 0 radical (unpaired) electrons. The second kappa shape index (κ2) is 10.5. The Hall–Kier alpha value is -3.95. The number of para-hydroxylation sites is 1. The minimum atomic E-state index is -0.563. The molecule has 0 unspecified atom stereocenters. The van der Waals surface area contributed by atoms with Gasteiger partial charge in [0.25, 0.3) is 16.8 Å². The number of hydrogen-bond acceptors (Lipinski definition) is 7. The molecule has 3 aromatic rings. The third-order valence-electron chi connectivity index (χ3n) is 5.09. The first-order valence-corrected chi connectivity index (χ1v) is 11.5. The molecule has 8 nitrogen and oxygen atoms in total. The van der Waals surface area contributed by atoms with Crippen molar-refractivity contribution >= 4 is 52.1 Å². The van der Waals surface area contributed by atoms with E-state index in [2.05, 4.69) is 0 Å². The van der Waals surface area contributed by atoms with E-state index in [4.69, 9.17) is 16.3 Å². The van der Waals surface area contributed by atoms with E-state index in [1.54, 1.807) is 54.6 Å². The van der Waals surface area contributed by atoms with Crippen molar-refractivity contribution in [1.82, 2.24) is 4.90 Å². The molecule has 1 fully saturated rings. The fourth-order valence-corrected chi connectivity index (χ4v) is 4.21. The number of carbonyl (C=O) groups is 3. The monoisotopic (exact) mass is 508 g/mol. The minimum Gasteiger partial charge on any atom is -0.488 e. The highest BCUT2D eigenvalue weighted by Gasteiger charge is 2.36. The van der Waals surface area contributed by atoms with Gasteiger partial charge in [-0.15, -0.1) is 0 Å². The second-order valence-electron chi connectivity index (χ2n) is 7.45. The van der Waals surface area contributed by atoms with Crippen LogP contribution in [0.4, 0.5) is 10.5 Å². The lowest BCUT2D eigenvalue weighted by molar-refractivity contribution is -0.384. The van der Waals surface area contributed by atoms with Crippen molar-refractivity contribution in [2.75, 3.05) is 6.54 Å². The van der Waals surface area contributed by atoms with Crippen LogP contribution in [0.3, 0.4) is 0 Å². The van der Waals surface area contributed by atoms with Crippen LogP contribution in [-0.2, 0) is 11.4 Å². The van der Waals surface area contributed by atoms with Crippen molar-refractivity contribution < 1.29 is 24.0 Å². The molecular weight excluding hydrogens is 492 g/mol. The fourth-order valence-electron chi connectivity index (χ4n) is 3.25. The van der Waals surface area contributed by atoms with Gasteiger partial charge in [-0.2, -0.15) is 0 Å². The third kappa shape index (κ3) is 5.76. The van der Waals surface area contributed by atoms with Gasteiger partial charge < -0.3 is 4.74 Å². The minimum absolute atomic E-state index is 0.0144. The largest absolute Gasteiger partial charge is 0.488 e. The molecule has 0 N–H and O–H groups in total. The van der Waals surface area contributed by atoms with Crippen LogP contribution in [0.25, 0.3) is 6.08 Å². The number of Topliss-reactive ketones (excluding diaryl/α,β-unsaturated/α-hetero) is 1. The zero-order chi connectivity index (χ0) is 24.9. The van der Waals surface area contributed by atoms with E-state index in [-0.39, 0.29) is 29.5 Å². The van der Waals surface area contributed by atoms with Crippen molar-refractivity contribution in [2.24, 2.45) is 0 Å². The van der Waals surface area contributed by atoms with Crippen LogP contribution in [0.5, 0.6) is 5.75 Å². The van der Waals surface area contributed by atoms with Gasteiger partial charge in [0.2, 0.25) is 0 Å². The predicted molar refractivity (Wildman–Crippen MR) is 132 cm³/mol. The fraction of sp³-hybridized carbons (Fsp3) is 0.0800. The van der Waals surface area contributed by atoms with Crippen LogP contribution in [0.1, 0.15) is 21.5 Å². The first kappa shape index (κ1) is 24.2. The molecule has 0 aromatic heterocycles. The average molecular weight is 509 g/mol. The molecule has 2 amide bonds. The smallest absolute Gasteiger partial charge is 0.293 e. The van der Waals surface area contributed by atoms with E-state index in [1.807, 2.05) is 0 Å². The number of hydrogen-bond donors (Lipinski definition) is 0. The number of nitro groups is 1. The van der Waals surface area contributed by atoms with Crippen molar-refractivity contribution in [3.63, 3.8) is 0 Å². The molecule has 1 aliphatic rings. The van der Waals surface area contributed by atoms with Crippen LogP contribution < -0.4 is 4.74 Å². The van der Waals surface area contributed by atoms with Gasteiger partial charge >= 0.3 is 0 Å². The summed E-state index contributed by atoms with van der Waals surface area (Å²) in [5.41, 5.74) is 1.64. The second-order valence-corrected chi connectivity index (χ2v) is 8.88. The zero-order valence-corrected chi connectivity index (χ0v) is 19.6. The number of rotatable bonds is 8. The summed E-state index contributed by atoms with van der Waals surface area (Å²) in [5, 5.41) is 10.7. The van der Waals surface area contributed by atoms with Crippen molar-refractivity contribution in [2.45, 2.75) is 6.61 Å². The van der Waals surface area contributed by atoms with Gasteiger partial charge in [0.05, 0.1) is 16.4 Å². The molecule has 1 saturated heterocycles. The highest BCUT2D eigenvalue weighted by molar-refractivity contribution is 8.18. The summed E-state index contributed by atoms with van der Waals surface area (Å²) in [5.74, 6) is -0.473. The van der Waals surface area contributed by atoms with Crippen molar-refractivity contribution in [3.8, 4) is 5.75 Å². The number of nitro benzene ring substituents is 1. The number of thioether (sulfide) groups is 1. The Labute approximate surface area is 209 Å². The van der Waals surface area contributed by atoms with Crippen LogP contribution in [0, 0.1) is 10.1 Å². The SMILES string of the molecule is O=C(CN1C(=O)S/C(=C\c2ccccc2OCc2ccc([N+](=O)[O-])cc2)C1=O)c1ccc(Cl)cc1. The number of ketones is 1. The Bertz CT molecular complexity index is 1340. The molecule has 0 spiro atoms. The molecular formula is C25H17ClN2O6S. The maximum Gasteiger partial charge on any atom is 0.293 e. The molecule has 3 aromatic carbocycles. The summed E-state index contributed by atoms with van der Waals surface area (Å²) in [6, 6.07) is 19.2.